The Morgan fingerprint density at radius 1 is 0.837 bits per heavy atom. The van der Waals surface area contributed by atoms with Gasteiger partial charge < -0.3 is 20.3 Å². The number of rotatable bonds is 10. The number of carbonyl (C=O) groups is 3. The minimum Gasteiger partial charge on any atom is -0.375 e. The summed E-state index contributed by atoms with van der Waals surface area (Å²) < 4.78 is 85.2. The maximum absolute atomic E-state index is 15.4. The van der Waals surface area contributed by atoms with E-state index in [-0.39, 0.29) is 25.3 Å². The fourth-order valence-corrected chi connectivity index (χ4v) is 4.46. The molecule has 2 atom stereocenters. The van der Waals surface area contributed by atoms with Crippen LogP contribution >= 0.6 is 0 Å². The number of para-hydroxylation sites is 1. The molecule has 3 amide bonds. The number of nitrogens with one attached hydrogen (secondary N) is 2. The van der Waals surface area contributed by atoms with Gasteiger partial charge in [0.05, 0.1) is 25.4 Å². The van der Waals surface area contributed by atoms with Gasteiger partial charge in [0, 0.05) is 12.1 Å². The van der Waals surface area contributed by atoms with Crippen molar-refractivity contribution in [1.82, 2.24) is 10.6 Å². The Hall–Kier alpha value is -4.39. The first-order chi connectivity index (χ1) is 20.2. The van der Waals surface area contributed by atoms with Crippen LogP contribution in [-0.2, 0) is 25.7 Å². The van der Waals surface area contributed by atoms with E-state index in [0.717, 1.165) is 10.9 Å². The molecule has 1 heterocycles. The van der Waals surface area contributed by atoms with Crippen LogP contribution in [0.15, 0.2) is 78.9 Å². The highest BCUT2D eigenvalue weighted by Crippen LogP contribution is 2.40. The number of fused-ring (bicyclic) bond motifs is 3. The van der Waals surface area contributed by atoms with Gasteiger partial charge in [0.1, 0.15) is 6.04 Å². The Bertz CT molecular complexity index is 1480. The highest BCUT2D eigenvalue weighted by Gasteiger charge is 2.58. The van der Waals surface area contributed by atoms with E-state index in [1.807, 2.05) is 30.3 Å². The lowest BCUT2D eigenvalue weighted by Crippen LogP contribution is -2.57. The maximum Gasteiger partial charge on any atom is 0.455 e. The lowest BCUT2D eigenvalue weighted by Gasteiger charge is -2.28. The van der Waals surface area contributed by atoms with Crippen LogP contribution in [0, 0.1) is 0 Å². The van der Waals surface area contributed by atoms with Crippen molar-refractivity contribution in [3.8, 4) is 11.1 Å². The number of ether oxygens (including phenoxy) is 1. The lowest BCUT2D eigenvalue weighted by molar-refractivity contribution is -0.278. The van der Waals surface area contributed by atoms with E-state index in [2.05, 4.69) is 5.32 Å². The molecule has 1 aliphatic rings. The largest absolute Gasteiger partial charge is 0.455 e. The Balaban J connectivity index is 1.58. The Morgan fingerprint density at radius 2 is 1.44 bits per heavy atom. The molecule has 2 N–H and O–H groups in total. The summed E-state index contributed by atoms with van der Waals surface area (Å²) in [6.45, 7) is -1.53. The normalized spacial score (nSPS) is 16.4. The molecular weight excluding hydrogens is 580 g/mol. The summed E-state index contributed by atoms with van der Waals surface area (Å²) in [5, 5.41) is 3.32. The molecule has 0 spiro atoms. The number of anilines is 1. The summed E-state index contributed by atoms with van der Waals surface area (Å²) >= 11 is 0. The Morgan fingerprint density at radius 3 is 2.12 bits per heavy atom. The molecule has 0 fully saturated rings. The van der Waals surface area contributed by atoms with Crippen molar-refractivity contribution in [1.29, 1.82) is 0 Å². The summed E-state index contributed by atoms with van der Waals surface area (Å²) in [5.41, 5.74) is -0.868. The molecule has 0 saturated heterocycles. The molecule has 0 saturated carbocycles. The number of nitrogens with zero attached hydrogens (tertiary/aromatic N) is 1. The molecule has 1 aliphatic heterocycles. The number of hydrogen-bond acceptors (Lipinski definition) is 4. The molecule has 0 radical (unpaired) electrons. The second kappa shape index (κ2) is 12.5. The molecule has 13 heteroatoms. The van der Waals surface area contributed by atoms with Gasteiger partial charge in [0.15, 0.2) is 0 Å². The first-order valence-corrected chi connectivity index (χ1v) is 13.1. The lowest BCUT2D eigenvalue weighted by atomic mass is 9.94. The second-order valence-electron chi connectivity index (χ2n) is 9.93. The van der Waals surface area contributed by atoms with E-state index in [0.29, 0.717) is 23.7 Å². The summed E-state index contributed by atoms with van der Waals surface area (Å²) in [7, 11) is 0. The minimum absolute atomic E-state index is 0.0168. The maximum atomic E-state index is 15.4. The van der Waals surface area contributed by atoms with Crippen molar-refractivity contribution < 1.29 is 45.5 Å². The average Bonchev–Trinajstić information content (AvgIpc) is 3.07. The molecule has 228 valence electrons. The van der Waals surface area contributed by atoms with Gasteiger partial charge in [0.25, 0.3) is 23.4 Å². The summed E-state index contributed by atoms with van der Waals surface area (Å²) in [4.78, 5) is 40.6. The van der Waals surface area contributed by atoms with Crippen LogP contribution in [0.1, 0.15) is 24.1 Å². The van der Waals surface area contributed by atoms with Gasteiger partial charge >= 0.3 is 12.1 Å². The van der Waals surface area contributed by atoms with Gasteiger partial charge in [-0.1, -0.05) is 72.8 Å². The Labute approximate surface area is 242 Å². The Kier molecular flexibility index (Phi) is 9.14. The molecule has 3 aromatic carbocycles. The molecule has 0 bridgehead atoms. The van der Waals surface area contributed by atoms with E-state index in [4.69, 9.17) is 4.74 Å². The number of carbonyl (C=O) groups excluding carboxylic acids is 3. The quantitative estimate of drug-likeness (QED) is 0.191. The summed E-state index contributed by atoms with van der Waals surface area (Å²) in [6, 6.07) is 21.0. The SMILES string of the molecule is C[C@@](F)(C(=O)NCC(F)(F)C(F)(F)F)C(=O)N[C@@H]1C(=O)N(CCOCc2ccccc2)c2ccccc2-c2ccccc21. The molecule has 0 aromatic heterocycles. The van der Waals surface area contributed by atoms with Gasteiger partial charge in [-0.25, -0.2) is 4.39 Å². The standard InChI is InChI=1S/C30H27F6N3O4/c1-28(31,26(41)37-18-29(32,33)30(34,35)36)27(42)38-24-22-13-6-5-11-20(22)21-12-7-8-14-23(21)39(25(24)40)15-16-43-17-19-9-3-2-4-10-19/h2-14,24H,15-18H2,1H3,(H,37,41)(H,38,42)/t24-,28+/m0/s1. The summed E-state index contributed by atoms with van der Waals surface area (Å²) in [5.74, 6) is -9.81. The van der Waals surface area contributed by atoms with Gasteiger partial charge in [0.2, 0.25) is 0 Å². The summed E-state index contributed by atoms with van der Waals surface area (Å²) in [6.07, 6.45) is -6.00. The van der Waals surface area contributed by atoms with Crippen molar-refractivity contribution in [3.05, 3.63) is 90.0 Å². The second-order valence-corrected chi connectivity index (χ2v) is 9.93. The van der Waals surface area contributed by atoms with Crippen molar-refractivity contribution >= 4 is 23.4 Å². The topological polar surface area (TPSA) is 87.7 Å². The van der Waals surface area contributed by atoms with Gasteiger partial charge in [-0.05, 0) is 29.7 Å². The number of hydrogen-bond donors (Lipinski definition) is 2. The highest BCUT2D eigenvalue weighted by molar-refractivity contribution is 6.11. The fourth-order valence-electron chi connectivity index (χ4n) is 4.46. The molecule has 4 rings (SSSR count). The molecule has 7 nitrogen and oxygen atoms in total. The van der Waals surface area contributed by atoms with Crippen LogP contribution in [0.3, 0.4) is 0 Å². The third-order valence-corrected chi connectivity index (χ3v) is 6.85. The van der Waals surface area contributed by atoms with Crippen LogP contribution < -0.4 is 15.5 Å². The predicted molar refractivity (Wildman–Crippen MR) is 145 cm³/mol. The van der Waals surface area contributed by atoms with Gasteiger partial charge in [-0.15, -0.1) is 0 Å². The van der Waals surface area contributed by atoms with Crippen molar-refractivity contribution in [3.63, 3.8) is 0 Å². The van der Waals surface area contributed by atoms with Crippen molar-refractivity contribution in [2.24, 2.45) is 0 Å². The van der Waals surface area contributed by atoms with Crippen LogP contribution in [0.25, 0.3) is 11.1 Å². The third kappa shape index (κ3) is 6.82. The monoisotopic (exact) mass is 607 g/mol. The van der Waals surface area contributed by atoms with E-state index in [1.54, 1.807) is 42.5 Å². The van der Waals surface area contributed by atoms with Crippen molar-refractivity contribution in [2.75, 3.05) is 24.6 Å². The van der Waals surface area contributed by atoms with E-state index < -0.39 is 48.1 Å². The van der Waals surface area contributed by atoms with Gasteiger partial charge in [-0.3, -0.25) is 14.4 Å². The zero-order chi connectivity index (χ0) is 31.4. The van der Waals surface area contributed by atoms with Crippen LogP contribution in [-0.4, -0.2) is 55.2 Å². The van der Waals surface area contributed by atoms with E-state index >= 15 is 4.39 Å². The van der Waals surface area contributed by atoms with E-state index in [1.165, 1.54) is 11.0 Å². The molecule has 3 aromatic rings. The first kappa shape index (κ1) is 31.5. The zero-order valence-corrected chi connectivity index (χ0v) is 22.8. The molecular formula is C30H27F6N3O4. The molecule has 43 heavy (non-hydrogen) atoms. The van der Waals surface area contributed by atoms with Gasteiger partial charge in [-0.2, -0.15) is 22.0 Å². The highest BCUT2D eigenvalue weighted by atomic mass is 19.4. The number of halogens is 6. The van der Waals surface area contributed by atoms with Crippen LogP contribution in [0.4, 0.5) is 32.0 Å². The number of alkyl halides is 6. The number of amides is 3. The fraction of sp³-hybridized carbons (Fsp3) is 0.300. The third-order valence-electron chi connectivity index (χ3n) is 6.85. The minimum atomic E-state index is -6.00. The van der Waals surface area contributed by atoms with Crippen LogP contribution in [0.5, 0.6) is 0 Å². The zero-order valence-electron chi connectivity index (χ0n) is 22.8. The molecule has 0 unspecified atom stereocenters. The number of benzene rings is 3. The van der Waals surface area contributed by atoms with Crippen molar-refractivity contribution in [2.45, 2.75) is 37.3 Å². The first-order valence-electron chi connectivity index (χ1n) is 13.1. The smallest absolute Gasteiger partial charge is 0.375 e. The average molecular weight is 608 g/mol. The molecule has 0 aliphatic carbocycles. The van der Waals surface area contributed by atoms with Crippen LogP contribution in [0.2, 0.25) is 0 Å². The van der Waals surface area contributed by atoms with E-state index in [9.17, 15) is 36.3 Å². The predicted octanol–water partition coefficient (Wildman–Crippen LogP) is 5.12.